The summed E-state index contributed by atoms with van der Waals surface area (Å²) >= 11 is 0. The molecule has 1 aromatic heterocycles. The van der Waals surface area contributed by atoms with Crippen LogP contribution in [0.1, 0.15) is 0 Å². The molecule has 0 saturated heterocycles. The number of halogens is 1. The van der Waals surface area contributed by atoms with Gasteiger partial charge < -0.3 is 9.73 Å². The third kappa shape index (κ3) is 1.97. The van der Waals surface area contributed by atoms with Crippen molar-refractivity contribution >= 4 is 22.8 Å². The van der Waals surface area contributed by atoms with Crippen LogP contribution in [0.15, 0.2) is 52.9 Å². The first kappa shape index (κ1) is 9.84. The minimum Gasteiger partial charge on any atom is -0.423 e. The Kier molecular flexibility index (Phi) is 2.26. The number of anilines is 2. The summed E-state index contributed by atoms with van der Waals surface area (Å²) < 4.78 is 18.2. The van der Waals surface area contributed by atoms with E-state index >= 15 is 0 Å². The normalized spacial score (nSPS) is 10.6. The fourth-order valence-corrected chi connectivity index (χ4v) is 1.58. The number of hydrogen-bond donors (Lipinski definition) is 1. The van der Waals surface area contributed by atoms with Crippen molar-refractivity contribution in [1.82, 2.24) is 4.98 Å². The Morgan fingerprint density at radius 1 is 1.00 bits per heavy atom. The number of rotatable bonds is 2. The molecule has 1 N–H and O–H groups in total. The summed E-state index contributed by atoms with van der Waals surface area (Å²) in [5.41, 5.74) is 2.24. The van der Waals surface area contributed by atoms with E-state index in [0.717, 1.165) is 16.8 Å². The van der Waals surface area contributed by atoms with Gasteiger partial charge in [0.05, 0.1) is 0 Å². The van der Waals surface area contributed by atoms with Crippen LogP contribution in [0.3, 0.4) is 0 Å². The second-order valence-corrected chi connectivity index (χ2v) is 3.62. The molecule has 4 heteroatoms. The van der Waals surface area contributed by atoms with E-state index in [4.69, 9.17) is 4.42 Å². The quantitative estimate of drug-likeness (QED) is 0.726. The van der Waals surface area contributed by atoms with Crippen molar-refractivity contribution in [3.8, 4) is 0 Å². The molecule has 0 aliphatic heterocycles. The first-order valence-electron chi connectivity index (χ1n) is 5.19. The minimum absolute atomic E-state index is 0.270. The molecule has 3 nitrogen and oxygen atoms in total. The topological polar surface area (TPSA) is 38.1 Å². The van der Waals surface area contributed by atoms with Crippen molar-refractivity contribution in [3.05, 3.63) is 54.3 Å². The van der Waals surface area contributed by atoms with Gasteiger partial charge in [-0.15, -0.1) is 0 Å². The highest BCUT2D eigenvalue weighted by Crippen LogP contribution is 2.21. The van der Waals surface area contributed by atoms with Gasteiger partial charge in [-0.05, 0) is 36.4 Å². The van der Waals surface area contributed by atoms with Crippen LogP contribution in [0.4, 0.5) is 16.1 Å². The zero-order valence-corrected chi connectivity index (χ0v) is 8.85. The molecule has 0 aliphatic carbocycles. The fourth-order valence-electron chi connectivity index (χ4n) is 1.58. The van der Waals surface area contributed by atoms with Crippen molar-refractivity contribution in [3.63, 3.8) is 0 Å². The number of para-hydroxylation sites is 2. The zero-order valence-electron chi connectivity index (χ0n) is 8.85. The molecule has 0 radical (unpaired) electrons. The molecule has 0 bridgehead atoms. The van der Waals surface area contributed by atoms with Crippen molar-refractivity contribution in [2.45, 2.75) is 0 Å². The Hall–Kier alpha value is -2.36. The molecule has 0 fully saturated rings. The second kappa shape index (κ2) is 3.90. The van der Waals surface area contributed by atoms with Crippen molar-refractivity contribution in [1.29, 1.82) is 0 Å². The number of oxazole rings is 1. The van der Waals surface area contributed by atoms with E-state index in [2.05, 4.69) is 10.3 Å². The molecule has 3 rings (SSSR count). The first-order valence-corrected chi connectivity index (χ1v) is 5.19. The maximum atomic E-state index is 12.7. The molecule has 17 heavy (non-hydrogen) atoms. The maximum Gasteiger partial charge on any atom is 0.300 e. The van der Waals surface area contributed by atoms with Gasteiger partial charge in [-0.25, -0.2) is 4.39 Å². The van der Waals surface area contributed by atoms with Crippen LogP contribution in [0.5, 0.6) is 0 Å². The molecular formula is C13H9FN2O. The van der Waals surface area contributed by atoms with E-state index in [1.54, 1.807) is 12.1 Å². The Morgan fingerprint density at radius 2 is 1.76 bits per heavy atom. The average molecular weight is 228 g/mol. The van der Waals surface area contributed by atoms with Gasteiger partial charge >= 0.3 is 0 Å². The summed E-state index contributed by atoms with van der Waals surface area (Å²) in [5, 5.41) is 2.98. The summed E-state index contributed by atoms with van der Waals surface area (Å²) in [5.74, 6) is -0.270. The standard InChI is InChI=1S/C13H9FN2O/c14-9-5-7-10(8-6-9)15-13-16-11-3-1-2-4-12(11)17-13/h1-8H,(H,15,16). The zero-order chi connectivity index (χ0) is 11.7. The van der Waals surface area contributed by atoms with Crippen molar-refractivity contribution in [2.75, 3.05) is 5.32 Å². The van der Waals surface area contributed by atoms with Crippen LogP contribution in [-0.4, -0.2) is 4.98 Å². The van der Waals surface area contributed by atoms with Gasteiger partial charge in [-0.2, -0.15) is 4.98 Å². The molecule has 0 atom stereocenters. The van der Waals surface area contributed by atoms with Gasteiger partial charge in [0, 0.05) is 5.69 Å². The molecule has 1 heterocycles. The van der Waals surface area contributed by atoms with E-state index in [1.165, 1.54) is 12.1 Å². The molecule has 0 spiro atoms. The first-order chi connectivity index (χ1) is 8.31. The van der Waals surface area contributed by atoms with E-state index in [-0.39, 0.29) is 5.82 Å². The Morgan fingerprint density at radius 3 is 2.53 bits per heavy atom. The minimum atomic E-state index is -0.270. The van der Waals surface area contributed by atoms with E-state index in [9.17, 15) is 4.39 Å². The van der Waals surface area contributed by atoms with E-state index in [0.29, 0.717) is 6.01 Å². The van der Waals surface area contributed by atoms with Gasteiger partial charge in [-0.1, -0.05) is 12.1 Å². The summed E-state index contributed by atoms with van der Waals surface area (Å²) in [6.45, 7) is 0. The Balaban J connectivity index is 1.92. The second-order valence-electron chi connectivity index (χ2n) is 3.62. The number of aromatic nitrogens is 1. The summed E-state index contributed by atoms with van der Waals surface area (Å²) in [6, 6.07) is 13.9. The van der Waals surface area contributed by atoms with Gasteiger partial charge in [0.15, 0.2) is 5.58 Å². The fraction of sp³-hybridized carbons (Fsp3) is 0. The molecule has 0 unspecified atom stereocenters. The van der Waals surface area contributed by atoms with Crippen molar-refractivity contribution in [2.24, 2.45) is 0 Å². The third-order valence-electron chi connectivity index (χ3n) is 2.39. The SMILES string of the molecule is Fc1ccc(Nc2nc3ccccc3o2)cc1. The predicted molar refractivity (Wildman–Crippen MR) is 63.7 cm³/mol. The molecule has 3 aromatic rings. The van der Waals surface area contributed by atoms with E-state index < -0.39 is 0 Å². The van der Waals surface area contributed by atoms with Crippen LogP contribution >= 0.6 is 0 Å². The number of nitrogens with zero attached hydrogens (tertiary/aromatic N) is 1. The summed E-state index contributed by atoms with van der Waals surface area (Å²) in [7, 11) is 0. The Labute approximate surface area is 96.9 Å². The lowest BCUT2D eigenvalue weighted by Gasteiger charge is -1.99. The van der Waals surface area contributed by atoms with Gasteiger partial charge in [-0.3, -0.25) is 0 Å². The predicted octanol–water partition coefficient (Wildman–Crippen LogP) is 3.71. The number of benzene rings is 2. The van der Waals surface area contributed by atoms with Crippen LogP contribution in [-0.2, 0) is 0 Å². The van der Waals surface area contributed by atoms with Gasteiger partial charge in [0.25, 0.3) is 6.01 Å². The molecule has 0 saturated carbocycles. The smallest absolute Gasteiger partial charge is 0.300 e. The number of nitrogens with one attached hydrogen (secondary N) is 1. The third-order valence-corrected chi connectivity index (χ3v) is 2.39. The maximum absolute atomic E-state index is 12.7. The van der Waals surface area contributed by atoms with Crippen LogP contribution in [0.2, 0.25) is 0 Å². The summed E-state index contributed by atoms with van der Waals surface area (Å²) in [4.78, 5) is 4.26. The van der Waals surface area contributed by atoms with Crippen LogP contribution in [0, 0.1) is 5.82 Å². The monoisotopic (exact) mass is 228 g/mol. The van der Waals surface area contributed by atoms with E-state index in [1.807, 2.05) is 24.3 Å². The molecule has 0 aliphatic rings. The van der Waals surface area contributed by atoms with Crippen molar-refractivity contribution < 1.29 is 8.81 Å². The summed E-state index contributed by atoms with van der Waals surface area (Å²) in [6.07, 6.45) is 0. The Bertz CT molecular complexity index is 613. The molecule has 0 amide bonds. The van der Waals surface area contributed by atoms with Crippen LogP contribution < -0.4 is 5.32 Å². The highest BCUT2D eigenvalue weighted by atomic mass is 19.1. The lowest BCUT2D eigenvalue weighted by Crippen LogP contribution is -1.89. The number of fused-ring (bicyclic) bond motifs is 1. The lowest BCUT2D eigenvalue weighted by molar-refractivity contribution is 0.621. The number of hydrogen-bond acceptors (Lipinski definition) is 3. The lowest BCUT2D eigenvalue weighted by atomic mass is 10.3. The average Bonchev–Trinajstić information content (AvgIpc) is 2.74. The molecular weight excluding hydrogens is 219 g/mol. The van der Waals surface area contributed by atoms with Crippen LogP contribution in [0.25, 0.3) is 11.1 Å². The van der Waals surface area contributed by atoms with Gasteiger partial charge in [0.2, 0.25) is 0 Å². The largest absolute Gasteiger partial charge is 0.423 e. The molecule has 2 aromatic carbocycles. The molecule has 84 valence electrons. The highest BCUT2D eigenvalue weighted by molar-refractivity contribution is 5.75. The van der Waals surface area contributed by atoms with Gasteiger partial charge in [0.1, 0.15) is 11.3 Å². The highest BCUT2D eigenvalue weighted by Gasteiger charge is 2.04.